The van der Waals surface area contributed by atoms with E-state index in [9.17, 15) is 19.1 Å². The van der Waals surface area contributed by atoms with Gasteiger partial charge in [0.2, 0.25) is 0 Å². The van der Waals surface area contributed by atoms with Crippen molar-refractivity contribution in [2.75, 3.05) is 0 Å². The summed E-state index contributed by atoms with van der Waals surface area (Å²) in [7, 11) is 0. The van der Waals surface area contributed by atoms with E-state index in [1.807, 2.05) is 24.3 Å². The van der Waals surface area contributed by atoms with Gasteiger partial charge in [0.1, 0.15) is 23.8 Å². The standard InChI is InChI=1S/C27H27FO5/c1-27(2,3)33-25(29)16-24(26(30)31)20-9-13-23(14-10-20)32-17-18-5-4-6-21(15-18)19-7-11-22(28)12-8-19/h4-15,24H,16-17H2,1-3H3,(H,30,31). The highest BCUT2D eigenvalue weighted by molar-refractivity contribution is 5.83. The Morgan fingerprint density at radius 2 is 1.61 bits per heavy atom. The first-order valence-electron chi connectivity index (χ1n) is 10.6. The van der Waals surface area contributed by atoms with Crippen molar-refractivity contribution in [2.45, 2.75) is 45.3 Å². The molecule has 0 fully saturated rings. The third-order valence-corrected chi connectivity index (χ3v) is 4.88. The number of carbonyl (C=O) groups excluding carboxylic acids is 1. The minimum absolute atomic E-state index is 0.247. The highest BCUT2D eigenvalue weighted by Crippen LogP contribution is 2.26. The van der Waals surface area contributed by atoms with E-state index in [-0.39, 0.29) is 12.2 Å². The molecule has 0 aliphatic carbocycles. The zero-order chi connectivity index (χ0) is 24.0. The highest BCUT2D eigenvalue weighted by atomic mass is 19.1. The van der Waals surface area contributed by atoms with E-state index in [4.69, 9.17) is 9.47 Å². The molecule has 1 unspecified atom stereocenters. The fraction of sp³-hybridized carbons (Fsp3) is 0.259. The van der Waals surface area contributed by atoms with Crippen LogP contribution in [-0.2, 0) is 20.9 Å². The number of halogens is 1. The summed E-state index contributed by atoms with van der Waals surface area (Å²) < 4.78 is 24.3. The van der Waals surface area contributed by atoms with Crippen LogP contribution in [-0.4, -0.2) is 22.6 Å². The average molecular weight is 451 g/mol. The fourth-order valence-electron chi connectivity index (χ4n) is 3.34. The lowest BCUT2D eigenvalue weighted by Crippen LogP contribution is -2.26. The van der Waals surface area contributed by atoms with Crippen molar-refractivity contribution >= 4 is 11.9 Å². The first kappa shape index (κ1) is 24.0. The van der Waals surface area contributed by atoms with Gasteiger partial charge in [0.05, 0.1) is 12.3 Å². The van der Waals surface area contributed by atoms with Crippen LogP contribution in [0, 0.1) is 5.82 Å². The number of rotatable bonds is 8. The number of benzene rings is 3. The number of hydrogen-bond donors (Lipinski definition) is 1. The molecule has 0 aromatic heterocycles. The third-order valence-electron chi connectivity index (χ3n) is 4.88. The molecule has 33 heavy (non-hydrogen) atoms. The van der Waals surface area contributed by atoms with Crippen LogP contribution >= 0.6 is 0 Å². The summed E-state index contributed by atoms with van der Waals surface area (Å²) >= 11 is 0. The minimum Gasteiger partial charge on any atom is -0.489 e. The predicted molar refractivity (Wildman–Crippen MR) is 123 cm³/mol. The zero-order valence-electron chi connectivity index (χ0n) is 18.9. The summed E-state index contributed by atoms with van der Waals surface area (Å²) in [5.41, 5.74) is 2.63. The number of aliphatic carboxylic acids is 1. The molecule has 0 radical (unpaired) electrons. The summed E-state index contributed by atoms with van der Waals surface area (Å²) in [6.07, 6.45) is -0.247. The maximum Gasteiger partial charge on any atom is 0.311 e. The molecule has 6 heteroatoms. The van der Waals surface area contributed by atoms with Gasteiger partial charge < -0.3 is 14.6 Å². The van der Waals surface area contributed by atoms with E-state index in [0.717, 1.165) is 16.7 Å². The molecular formula is C27H27FO5. The predicted octanol–water partition coefficient (Wildman–Crippen LogP) is 5.97. The monoisotopic (exact) mass is 450 g/mol. The number of ether oxygens (including phenoxy) is 2. The molecule has 5 nitrogen and oxygen atoms in total. The third kappa shape index (κ3) is 7.17. The molecule has 1 atom stereocenters. The van der Waals surface area contributed by atoms with Crippen LogP contribution in [0.3, 0.4) is 0 Å². The maximum atomic E-state index is 13.2. The Bertz CT molecular complexity index is 1100. The summed E-state index contributed by atoms with van der Waals surface area (Å²) in [5.74, 6) is -2.35. The molecule has 0 saturated carbocycles. The van der Waals surface area contributed by atoms with Gasteiger partial charge in [-0.25, -0.2) is 4.39 Å². The van der Waals surface area contributed by atoms with Crippen molar-refractivity contribution in [3.63, 3.8) is 0 Å². The lowest BCUT2D eigenvalue weighted by Gasteiger charge is -2.21. The Morgan fingerprint density at radius 1 is 0.939 bits per heavy atom. The van der Waals surface area contributed by atoms with Crippen molar-refractivity contribution in [3.8, 4) is 16.9 Å². The van der Waals surface area contributed by atoms with Crippen LogP contribution in [0.1, 0.15) is 44.2 Å². The van der Waals surface area contributed by atoms with Crippen LogP contribution in [0.2, 0.25) is 0 Å². The molecular weight excluding hydrogens is 423 g/mol. The van der Waals surface area contributed by atoms with Crippen LogP contribution in [0.5, 0.6) is 5.75 Å². The van der Waals surface area contributed by atoms with Crippen molar-refractivity contribution in [2.24, 2.45) is 0 Å². The quantitative estimate of drug-likeness (QED) is 0.428. The lowest BCUT2D eigenvalue weighted by atomic mass is 9.95. The molecule has 0 aliphatic heterocycles. The molecule has 3 aromatic rings. The number of carboxylic acid groups (broad SMARTS) is 1. The summed E-state index contributed by atoms with van der Waals surface area (Å²) in [5, 5.41) is 9.57. The Labute approximate surface area is 192 Å². The smallest absolute Gasteiger partial charge is 0.311 e. The van der Waals surface area contributed by atoms with Crippen LogP contribution in [0.25, 0.3) is 11.1 Å². The van der Waals surface area contributed by atoms with Gasteiger partial charge in [0.15, 0.2) is 0 Å². The average Bonchev–Trinajstić information content (AvgIpc) is 2.76. The van der Waals surface area contributed by atoms with Gasteiger partial charge in [-0.3, -0.25) is 9.59 Å². The van der Waals surface area contributed by atoms with E-state index in [1.54, 1.807) is 57.2 Å². The Kier molecular flexibility index (Phi) is 7.48. The topological polar surface area (TPSA) is 72.8 Å². The first-order chi connectivity index (χ1) is 15.6. The number of carboxylic acids is 1. The second-order valence-electron chi connectivity index (χ2n) is 8.75. The van der Waals surface area contributed by atoms with Crippen molar-refractivity contribution in [3.05, 3.63) is 89.7 Å². The number of esters is 1. The second kappa shape index (κ2) is 10.3. The minimum atomic E-state index is -1.09. The van der Waals surface area contributed by atoms with E-state index in [0.29, 0.717) is 17.9 Å². The Balaban J connectivity index is 1.64. The molecule has 3 aromatic carbocycles. The largest absolute Gasteiger partial charge is 0.489 e. The SMILES string of the molecule is CC(C)(C)OC(=O)CC(C(=O)O)c1ccc(OCc2cccc(-c3ccc(F)cc3)c2)cc1. The summed E-state index contributed by atoms with van der Waals surface area (Å²) in [4.78, 5) is 23.8. The molecule has 3 rings (SSSR count). The zero-order valence-corrected chi connectivity index (χ0v) is 18.9. The lowest BCUT2D eigenvalue weighted by molar-refractivity contribution is -0.158. The fourth-order valence-corrected chi connectivity index (χ4v) is 3.34. The molecule has 0 spiro atoms. The molecule has 0 heterocycles. The molecule has 0 amide bonds. The van der Waals surface area contributed by atoms with Crippen LogP contribution < -0.4 is 4.74 Å². The van der Waals surface area contributed by atoms with Gasteiger partial charge in [-0.1, -0.05) is 42.5 Å². The van der Waals surface area contributed by atoms with Gasteiger partial charge in [-0.15, -0.1) is 0 Å². The number of hydrogen-bond acceptors (Lipinski definition) is 4. The van der Waals surface area contributed by atoms with E-state index >= 15 is 0 Å². The van der Waals surface area contributed by atoms with Crippen molar-refractivity contribution in [1.82, 2.24) is 0 Å². The maximum absolute atomic E-state index is 13.2. The molecule has 0 bridgehead atoms. The molecule has 0 saturated heterocycles. The molecule has 172 valence electrons. The number of carbonyl (C=O) groups is 2. The highest BCUT2D eigenvalue weighted by Gasteiger charge is 2.26. The Morgan fingerprint density at radius 3 is 2.21 bits per heavy atom. The van der Waals surface area contributed by atoms with Gasteiger partial charge in [-0.05, 0) is 73.4 Å². The van der Waals surface area contributed by atoms with Crippen LogP contribution in [0.15, 0.2) is 72.8 Å². The van der Waals surface area contributed by atoms with Gasteiger partial charge in [0, 0.05) is 0 Å². The normalized spacial score (nSPS) is 12.1. The van der Waals surface area contributed by atoms with Crippen LogP contribution in [0.4, 0.5) is 4.39 Å². The van der Waals surface area contributed by atoms with Gasteiger partial charge >= 0.3 is 11.9 Å². The first-order valence-corrected chi connectivity index (χ1v) is 10.6. The van der Waals surface area contributed by atoms with E-state index in [2.05, 4.69) is 0 Å². The van der Waals surface area contributed by atoms with Gasteiger partial charge in [0.25, 0.3) is 0 Å². The van der Waals surface area contributed by atoms with Crippen molar-refractivity contribution < 1.29 is 28.6 Å². The second-order valence-corrected chi connectivity index (χ2v) is 8.75. The Hall–Kier alpha value is -3.67. The van der Waals surface area contributed by atoms with Crippen molar-refractivity contribution in [1.29, 1.82) is 0 Å². The summed E-state index contributed by atoms with van der Waals surface area (Å²) in [6, 6.07) is 20.7. The van der Waals surface area contributed by atoms with E-state index in [1.165, 1.54) is 12.1 Å². The van der Waals surface area contributed by atoms with Gasteiger partial charge in [-0.2, -0.15) is 0 Å². The summed E-state index contributed by atoms with van der Waals surface area (Å²) in [6.45, 7) is 5.53. The molecule has 0 aliphatic rings. The molecule has 1 N–H and O–H groups in total. The van der Waals surface area contributed by atoms with E-state index < -0.39 is 23.5 Å².